The third-order valence-corrected chi connectivity index (χ3v) is 5.88. The number of hydrogen-bond donors (Lipinski definition) is 2. The fraction of sp³-hybridized carbons (Fsp3) is 0.481. The van der Waals surface area contributed by atoms with Gasteiger partial charge in [0.05, 0.1) is 5.02 Å². The van der Waals surface area contributed by atoms with Crippen molar-refractivity contribution in [2.24, 2.45) is 0 Å². The summed E-state index contributed by atoms with van der Waals surface area (Å²) in [6.07, 6.45) is 14.1. The largest absolute Gasteiger partial charge is 0.326 e. The Bertz CT molecular complexity index is 888. The zero-order valence-electron chi connectivity index (χ0n) is 19.6. The number of hydrogen-bond acceptors (Lipinski definition) is 2. The van der Waals surface area contributed by atoms with Crippen LogP contribution >= 0.6 is 11.6 Å². The second-order valence-corrected chi connectivity index (χ2v) is 8.90. The lowest BCUT2D eigenvalue weighted by Crippen LogP contribution is -2.14. The van der Waals surface area contributed by atoms with Crippen LogP contribution in [0.5, 0.6) is 0 Å². The van der Waals surface area contributed by atoms with Gasteiger partial charge >= 0.3 is 0 Å². The molecule has 0 aliphatic rings. The zero-order chi connectivity index (χ0) is 23.9. The molecule has 2 rings (SSSR count). The van der Waals surface area contributed by atoms with Crippen LogP contribution in [0.15, 0.2) is 42.5 Å². The number of rotatable bonds is 15. The van der Waals surface area contributed by atoms with E-state index in [0.29, 0.717) is 23.4 Å². The molecule has 0 bridgehead atoms. The molecule has 0 saturated carbocycles. The van der Waals surface area contributed by atoms with Crippen LogP contribution in [0.2, 0.25) is 5.02 Å². The Balaban J connectivity index is 1.65. The highest BCUT2D eigenvalue weighted by Gasteiger charge is 2.10. The first-order valence-corrected chi connectivity index (χ1v) is 12.5. The van der Waals surface area contributed by atoms with Gasteiger partial charge in [0, 0.05) is 23.4 Å². The van der Waals surface area contributed by atoms with E-state index in [9.17, 15) is 14.0 Å². The summed E-state index contributed by atoms with van der Waals surface area (Å²) in [7, 11) is 0. The molecule has 180 valence electrons. The van der Waals surface area contributed by atoms with Crippen LogP contribution in [0.3, 0.4) is 0 Å². The molecule has 0 aliphatic carbocycles. The van der Waals surface area contributed by atoms with Gasteiger partial charge in [0.1, 0.15) is 5.82 Å². The van der Waals surface area contributed by atoms with Crippen LogP contribution < -0.4 is 10.6 Å². The highest BCUT2D eigenvalue weighted by Crippen LogP contribution is 2.20. The second-order valence-electron chi connectivity index (χ2n) is 8.50. The van der Waals surface area contributed by atoms with Crippen molar-refractivity contribution in [3.05, 3.63) is 58.9 Å². The predicted molar refractivity (Wildman–Crippen MR) is 136 cm³/mol. The monoisotopic (exact) mass is 474 g/mol. The Morgan fingerprint density at radius 2 is 1.39 bits per heavy atom. The number of carbonyl (C=O) groups excluding carboxylic acids is 2. The van der Waals surface area contributed by atoms with Gasteiger partial charge in [0.2, 0.25) is 5.91 Å². The molecule has 0 aromatic heterocycles. The van der Waals surface area contributed by atoms with Gasteiger partial charge in [-0.15, -0.1) is 0 Å². The predicted octanol–water partition coefficient (Wildman–Crippen LogP) is 8.37. The topological polar surface area (TPSA) is 58.2 Å². The van der Waals surface area contributed by atoms with E-state index < -0.39 is 5.82 Å². The molecule has 0 unspecified atom stereocenters. The molecule has 2 N–H and O–H groups in total. The molecule has 0 spiro atoms. The third-order valence-electron chi connectivity index (χ3n) is 5.59. The smallest absolute Gasteiger partial charge is 0.255 e. The van der Waals surface area contributed by atoms with E-state index in [0.717, 1.165) is 12.8 Å². The fourth-order valence-electron chi connectivity index (χ4n) is 3.69. The van der Waals surface area contributed by atoms with E-state index in [1.807, 2.05) is 0 Å². The van der Waals surface area contributed by atoms with Crippen molar-refractivity contribution in [1.29, 1.82) is 0 Å². The second kappa shape index (κ2) is 15.4. The molecular formula is C27H36ClFN2O2. The minimum absolute atomic E-state index is 0.0474. The maximum atomic E-state index is 13.3. The Hall–Kier alpha value is -2.40. The van der Waals surface area contributed by atoms with E-state index in [4.69, 9.17) is 11.6 Å². The summed E-state index contributed by atoms with van der Waals surface area (Å²) >= 11 is 5.76. The molecule has 0 heterocycles. The van der Waals surface area contributed by atoms with E-state index in [2.05, 4.69) is 17.6 Å². The van der Waals surface area contributed by atoms with Crippen molar-refractivity contribution in [2.45, 2.75) is 84.0 Å². The summed E-state index contributed by atoms with van der Waals surface area (Å²) in [6, 6.07) is 10.7. The van der Waals surface area contributed by atoms with Crippen molar-refractivity contribution in [3.63, 3.8) is 0 Å². The lowest BCUT2D eigenvalue weighted by atomic mass is 10.1. The van der Waals surface area contributed by atoms with E-state index >= 15 is 0 Å². The molecule has 4 nitrogen and oxygen atoms in total. The molecule has 2 amide bonds. The van der Waals surface area contributed by atoms with Crippen molar-refractivity contribution >= 4 is 34.8 Å². The first-order chi connectivity index (χ1) is 16.0. The summed E-state index contributed by atoms with van der Waals surface area (Å²) in [5.74, 6) is -0.954. The molecule has 0 atom stereocenters. The molecule has 2 aromatic rings. The molecule has 0 aliphatic heterocycles. The number of nitrogens with one attached hydrogen (secondary N) is 2. The molecule has 0 fully saturated rings. The molecule has 33 heavy (non-hydrogen) atoms. The van der Waals surface area contributed by atoms with Gasteiger partial charge in [-0.05, 0) is 42.8 Å². The van der Waals surface area contributed by atoms with Crippen LogP contribution in [0, 0.1) is 5.82 Å². The SMILES string of the molecule is CCCCCCCCCCCCCC(=O)Nc1cccc(C(=O)Nc2ccc(F)c(Cl)c2)c1. The van der Waals surface area contributed by atoms with Crippen LogP contribution in [0.25, 0.3) is 0 Å². The van der Waals surface area contributed by atoms with Gasteiger partial charge in [-0.25, -0.2) is 4.39 Å². The van der Waals surface area contributed by atoms with Crippen LogP contribution in [0.1, 0.15) is 94.3 Å². The van der Waals surface area contributed by atoms with Gasteiger partial charge in [-0.2, -0.15) is 0 Å². The summed E-state index contributed by atoms with van der Waals surface area (Å²) < 4.78 is 13.3. The van der Waals surface area contributed by atoms with Gasteiger partial charge in [-0.1, -0.05) is 88.8 Å². The number of halogens is 2. The van der Waals surface area contributed by atoms with Crippen LogP contribution in [-0.4, -0.2) is 11.8 Å². The lowest BCUT2D eigenvalue weighted by molar-refractivity contribution is -0.116. The molecule has 2 aromatic carbocycles. The van der Waals surface area contributed by atoms with Crippen molar-refractivity contribution < 1.29 is 14.0 Å². The molecule has 0 radical (unpaired) electrons. The highest BCUT2D eigenvalue weighted by atomic mass is 35.5. The van der Waals surface area contributed by atoms with E-state index in [-0.39, 0.29) is 16.8 Å². The van der Waals surface area contributed by atoms with Crippen molar-refractivity contribution in [2.75, 3.05) is 10.6 Å². The fourth-order valence-corrected chi connectivity index (χ4v) is 3.87. The summed E-state index contributed by atoms with van der Waals surface area (Å²) in [6.45, 7) is 2.24. The number of amides is 2. The van der Waals surface area contributed by atoms with Gasteiger partial charge < -0.3 is 10.6 Å². The van der Waals surface area contributed by atoms with E-state index in [1.54, 1.807) is 24.3 Å². The zero-order valence-corrected chi connectivity index (χ0v) is 20.4. The summed E-state index contributed by atoms with van der Waals surface area (Å²) in [5, 5.41) is 5.48. The molecule has 0 saturated heterocycles. The minimum Gasteiger partial charge on any atom is -0.326 e. The van der Waals surface area contributed by atoms with Gasteiger partial charge in [0.25, 0.3) is 5.91 Å². The van der Waals surface area contributed by atoms with E-state index in [1.165, 1.54) is 76.0 Å². The number of carbonyl (C=O) groups is 2. The maximum Gasteiger partial charge on any atom is 0.255 e. The lowest BCUT2D eigenvalue weighted by Gasteiger charge is -2.09. The van der Waals surface area contributed by atoms with Gasteiger partial charge in [-0.3, -0.25) is 9.59 Å². The van der Waals surface area contributed by atoms with Crippen LogP contribution in [-0.2, 0) is 4.79 Å². The first kappa shape index (κ1) is 26.8. The van der Waals surface area contributed by atoms with Gasteiger partial charge in [0.15, 0.2) is 0 Å². The third kappa shape index (κ3) is 10.8. The Labute approximate surface area is 202 Å². The standard InChI is InChI=1S/C27H36ClFN2O2/c1-2-3-4-5-6-7-8-9-10-11-12-16-26(32)30-22-15-13-14-21(19-22)27(33)31-23-17-18-25(29)24(28)20-23/h13-15,17-20H,2-12,16H2,1H3,(H,30,32)(H,31,33). The first-order valence-electron chi connectivity index (χ1n) is 12.2. The quantitative estimate of drug-likeness (QED) is 0.255. The number of unbranched alkanes of at least 4 members (excludes halogenated alkanes) is 10. The highest BCUT2D eigenvalue weighted by molar-refractivity contribution is 6.31. The average molecular weight is 475 g/mol. The Kier molecular flexibility index (Phi) is 12.6. The number of benzene rings is 2. The molecule has 6 heteroatoms. The normalized spacial score (nSPS) is 10.8. The summed E-state index contributed by atoms with van der Waals surface area (Å²) in [4.78, 5) is 24.7. The van der Waals surface area contributed by atoms with Crippen LogP contribution in [0.4, 0.5) is 15.8 Å². The molecular weight excluding hydrogens is 439 g/mol. The van der Waals surface area contributed by atoms with Crippen molar-refractivity contribution in [1.82, 2.24) is 0 Å². The Morgan fingerprint density at radius 3 is 2.03 bits per heavy atom. The Morgan fingerprint density at radius 1 is 0.788 bits per heavy atom. The maximum absolute atomic E-state index is 13.3. The average Bonchev–Trinajstić information content (AvgIpc) is 2.80. The minimum atomic E-state index is -0.544. The van der Waals surface area contributed by atoms with Crippen molar-refractivity contribution in [3.8, 4) is 0 Å². The number of anilines is 2. The summed E-state index contributed by atoms with van der Waals surface area (Å²) in [5.41, 5.74) is 1.37.